The maximum absolute atomic E-state index is 11.7. The first kappa shape index (κ1) is 14.8. The highest BCUT2D eigenvalue weighted by Gasteiger charge is 2.25. The van der Waals surface area contributed by atoms with Gasteiger partial charge >= 0.3 is 0 Å². The van der Waals surface area contributed by atoms with Gasteiger partial charge in [-0.15, -0.1) is 0 Å². The standard InChI is InChI=1S/C13H17N5O3/c14-11(19)7-5-8(12(15)20)10(9(6-7)13(16)21)18-3-1-17-2-4-18/h5-6,17H,1-4H2,(H2,14,19)(H2,15,20)(H2,16,21). The number of nitrogens with one attached hydrogen (secondary N) is 1. The zero-order valence-corrected chi connectivity index (χ0v) is 11.4. The number of rotatable bonds is 4. The predicted molar refractivity (Wildman–Crippen MR) is 77.1 cm³/mol. The molecule has 0 aliphatic carbocycles. The SMILES string of the molecule is NC(=O)c1cc(C(N)=O)c(N2CCNCC2)c(C(N)=O)c1. The van der Waals surface area contributed by atoms with Crippen molar-refractivity contribution in [3.63, 3.8) is 0 Å². The molecule has 1 saturated heterocycles. The van der Waals surface area contributed by atoms with Crippen molar-refractivity contribution < 1.29 is 14.4 Å². The van der Waals surface area contributed by atoms with Gasteiger partial charge in [0.1, 0.15) is 0 Å². The van der Waals surface area contributed by atoms with Gasteiger partial charge in [-0.25, -0.2) is 0 Å². The van der Waals surface area contributed by atoms with Gasteiger partial charge in [0, 0.05) is 31.7 Å². The Kier molecular flexibility index (Phi) is 4.08. The largest absolute Gasteiger partial charge is 0.368 e. The van der Waals surface area contributed by atoms with E-state index >= 15 is 0 Å². The van der Waals surface area contributed by atoms with Crippen molar-refractivity contribution >= 4 is 23.4 Å². The van der Waals surface area contributed by atoms with Crippen LogP contribution in [-0.4, -0.2) is 43.9 Å². The van der Waals surface area contributed by atoms with Crippen LogP contribution in [-0.2, 0) is 0 Å². The third-order valence-corrected chi connectivity index (χ3v) is 3.36. The van der Waals surface area contributed by atoms with Crippen LogP contribution in [0.5, 0.6) is 0 Å². The first-order valence-electron chi connectivity index (χ1n) is 6.45. The molecule has 0 bridgehead atoms. The maximum atomic E-state index is 11.7. The van der Waals surface area contributed by atoms with Gasteiger partial charge in [0.2, 0.25) is 5.91 Å². The minimum Gasteiger partial charge on any atom is -0.368 e. The highest BCUT2D eigenvalue weighted by molar-refractivity contribution is 6.10. The van der Waals surface area contributed by atoms with Gasteiger partial charge < -0.3 is 27.4 Å². The summed E-state index contributed by atoms with van der Waals surface area (Å²) in [5, 5.41) is 3.16. The number of nitrogens with two attached hydrogens (primary N) is 3. The molecular weight excluding hydrogens is 274 g/mol. The summed E-state index contributed by atoms with van der Waals surface area (Å²) in [5.41, 5.74) is 16.5. The second-order valence-electron chi connectivity index (χ2n) is 4.75. The van der Waals surface area contributed by atoms with E-state index in [9.17, 15) is 14.4 Å². The fourth-order valence-corrected chi connectivity index (χ4v) is 2.38. The lowest BCUT2D eigenvalue weighted by Crippen LogP contribution is -2.45. The van der Waals surface area contributed by atoms with Gasteiger partial charge in [-0.05, 0) is 12.1 Å². The van der Waals surface area contributed by atoms with Crippen molar-refractivity contribution in [3.8, 4) is 0 Å². The summed E-state index contributed by atoms with van der Waals surface area (Å²) in [6.07, 6.45) is 0. The molecule has 0 radical (unpaired) electrons. The molecule has 21 heavy (non-hydrogen) atoms. The molecule has 0 saturated carbocycles. The van der Waals surface area contributed by atoms with Crippen molar-refractivity contribution in [3.05, 3.63) is 28.8 Å². The van der Waals surface area contributed by atoms with Gasteiger partial charge in [-0.1, -0.05) is 0 Å². The average Bonchev–Trinajstić information content (AvgIpc) is 2.46. The van der Waals surface area contributed by atoms with Crippen LogP contribution in [0.3, 0.4) is 0 Å². The first-order valence-corrected chi connectivity index (χ1v) is 6.45. The third kappa shape index (κ3) is 2.95. The number of hydrogen-bond acceptors (Lipinski definition) is 5. The van der Waals surface area contributed by atoms with Gasteiger partial charge in [0.05, 0.1) is 16.8 Å². The minimum atomic E-state index is -0.758. The number of hydrogen-bond donors (Lipinski definition) is 4. The van der Waals surface area contributed by atoms with Crippen molar-refractivity contribution in [1.82, 2.24) is 5.32 Å². The van der Waals surface area contributed by atoms with Crippen LogP contribution in [0.1, 0.15) is 31.1 Å². The summed E-state index contributed by atoms with van der Waals surface area (Å²) in [7, 11) is 0. The maximum Gasteiger partial charge on any atom is 0.250 e. The Morgan fingerprint density at radius 3 is 1.76 bits per heavy atom. The highest BCUT2D eigenvalue weighted by Crippen LogP contribution is 2.27. The molecule has 0 unspecified atom stereocenters. The van der Waals surface area contributed by atoms with Gasteiger partial charge in [0.25, 0.3) is 11.8 Å². The lowest BCUT2D eigenvalue weighted by atomic mass is 9.99. The topological polar surface area (TPSA) is 145 Å². The van der Waals surface area contributed by atoms with E-state index < -0.39 is 17.7 Å². The molecule has 1 aromatic carbocycles. The quantitative estimate of drug-likeness (QED) is 0.527. The van der Waals surface area contributed by atoms with Crippen LogP contribution in [0.2, 0.25) is 0 Å². The normalized spacial score (nSPS) is 14.8. The average molecular weight is 291 g/mol. The van der Waals surface area contributed by atoms with E-state index in [0.717, 1.165) is 0 Å². The molecule has 0 aromatic heterocycles. The van der Waals surface area contributed by atoms with Crippen molar-refractivity contribution in [2.45, 2.75) is 0 Å². The molecule has 0 spiro atoms. The Labute approximate surface area is 121 Å². The van der Waals surface area contributed by atoms with E-state index in [4.69, 9.17) is 17.2 Å². The van der Waals surface area contributed by atoms with Gasteiger partial charge in [0.15, 0.2) is 0 Å². The second kappa shape index (κ2) is 5.80. The Balaban J connectivity index is 2.66. The lowest BCUT2D eigenvalue weighted by molar-refractivity contribution is 0.0999. The first-order chi connectivity index (χ1) is 9.91. The molecule has 1 fully saturated rings. The number of amides is 3. The fraction of sp³-hybridized carbons (Fsp3) is 0.308. The minimum absolute atomic E-state index is 0.0245. The van der Waals surface area contributed by atoms with Crippen LogP contribution in [0, 0.1) is 0 Å². The summed E-state index contributed by atoms with van der Waals surface area (Å²) in [6, 6.07) is 2.60. The number of carbonyl (C=O) groups excluding carboxylic acids is 3. The monoisotopic (exact) mass is 291 g/mol. The van der Waals surface area contributed by atoms with E-state index in [1.807, 2.05) is 4.90 Å². The number of primary amides is 3. The number of carbonyl (C=O) groups is 3. The van der Waals surface area contributed by atoms with Crippen molar-refractivity contribution in [2.75, 3.05) is 31.1 Å². The third-order valence-electron chi connectivity index (χ3n) is 3.36. The summed E-state index contributed by atoms with van der Waals surface area (Å²) < 4.78 is 0. The van der Waals surface area contributed by atoms with Crippen LogP contribution >= 0.6 is 0 Å². The number of benzene rings is 1. The van der Waals surface area contributed by atoms with E-state index in [0.29, 0.717) is 31.9 Å². The molecule has 2 rings (SSSR count). The molecule has 1 heterocycles. The molecule has 8 nitrogen and oxygen atoms in total. The van der Waals surface area contributed by atoms with E-state index in [1.54, 1.807) is 0 Å². The van der Waals surface area contributed by atoms with Crippen LogP contribution in [0.25, 0.3) is 0 Å². The zero-order valence-electron chi connectivity index (χ0n) is 11.4. The zero-order chi connectivity index (χ0) is 15.6. The number of nitrogens with zero attached hydrogens (tertiary/aromatic N) is 1. The van der Waals surface area contributed by atoms with Crippen molar-refractivity contribution in [1.29, 1.82) is 0 Å². The van der Waals surface area contributed by atoms with Crippen LogP contribution in [0.15, 0.2) is 12.1 Å². The number of piperazine rings is 1. The van der Waals surface area contributed by atoms with Gasteiger partial charge in [-0.3, -0.25) is 14.4 Å². The molecule has 3 amide bonds. The van der Waals surface area contributed by atoms with E-state index in [-0.39, 0.29) is 16.7 Å². The summed E-state index contributed by atoms with van der Waals surface area (Å²) in [6.45, 7) is 2.59. The Morgan fingerprint density at radius 1 is 0.905 bits per heavy atom. The Hall–Kier alpha value is -2.61. The predicted octanol–water partition coefficient (Wildman–Crippen LogP) is -1.61. The fourth-order valence-electron chi connectivity index (χ4n) is 2.38. The van der Waals surface area contributed by atoms with Crippen molar-refractivity contribution in [2.24, 2.45) is 17.2 Å². The molecule has 1 aliphatic rings. The molecule has 8 heteroatoms. The number of anilines is 1. The summed E-state index contributed by atoms with van der Waals surface area (Å²) in [5.74, 6) is -2.24. The molecule has 0 atom stereocenters. The molecule has 7 N–H and O–H groups in total. The Morgan fingerprint density at radius 2 is 1.38 bits per heavy atom. The van der Waals surface area contributed by atoms with Crippen LogP contribution < -0.4 is 27.4 Å². The highest BCUT2D eigenvalue weighted by atomic mass is 16.2. The van der Waals surface area contributed by atoms with E-state index in [1.165, 1.54) is 12.1 Å². The molecule has 1 aliphatic heterocycles. The summed E-state index contributed by atoms with van der Waals surface area (Å²) >= 11 is 0. The molecular formula is C13H17N5O3. The van der Waals surface area contributed by atoms with Crippen LogP contribution in [0.4, 0.5) is 5.69 Å². The molecule has 1 aromatic rings. The van der Waals surface area contributed by atoms with Gasteiger partial charge in [-0.2, -0.15) is 0 Å². The van der Waals surface area contributed by atoms with E-state index in [2.05, 4.69) is 5.32 Å². The smallest absolute Gasteiger partial charge is 0.250 e. The molecule has 112 valence electrons. The Bertz CT molecular complexity index is 573. The second-order valence-corrected chi connectivity index (χ2v) is 4.75. The summed E-state index contributed by atoms with van der Waals surface area (Å²) in [4.78, 5) is 36.6. The lowest BCUT2D eigenvalue weighted by Gasteiger charge is -2.32.